The van der Waals surface area contributed by atoms with E-state index in [1.54, 1.807) is 24.0 Å². The molecule has 0 unspecified atom stereocenters. The Labute approximate surface area is 201 Å². The number of carbonyl (C=O) groups excluding carboxylic acids is 2. The average molecular weight is 530 g/mol. The highest BCUT2D eigenvalue weighted by molar-refractivity contribution is 9.10. The van der Waals surface area contributed by atoms with Crippen molar-refractivity contribution in [2.24, 2.45) is 0 Å². The number of halogens is 3. The fourth-order valence-electron chi connectivity index (χ4n) is 2.84. The molecule has 8 heteroatoms. The van der Waals surface area contributed by atoms with E-state index >= 15 is 0 Å². The van der Waals surface area contributed by atoms with Crippen LogP contribution in [0.15, 0.2) is 46.9 Å². The molecule has 0 bridgehead atoms. The predicted molar refractivity (Wildman–Crippen MR) is 130 cm³/mol. The van der Waals surface area contributed by atoms with Gasteiger partial charge in [-0.2, -0.15) is 0 Å². The molecule has 0 saturated heterocycles. The molecule has 2 amide bonds. The standard InChI is InChI=1S/C23H27BrClFN2O2S/c1-15(22(30)27-23(2,3)4)28(12-16-8-10-17(24)11-9-16)21(29)14-31-13-18-19(25)6-5-7-20(18)26/h5-11,15H,12-14H2,1-4H3,(H,27,30)/t15-/m0/s1. The Hall–Kier alpha value is -1.57. The second-order valence-electron chi connectivity index (χ2n) is 8.26. The molecule has 31 heavy (non-hydrogen) atoms. The van der Waals surface area contributed by atoms with Crippen molar-refractivity contribution in [3.05, 3.63) is 68.9 Å². The summed E-state index contributed by atoms with van der Waals surface area (Å²) in [7, 11) is 0. The van der Waals surface area contributed by atoms with Crippen molar-refractivity contribution < 1.29 is 14.0 Å². The first kappa shape index (κ1) is 25.7. The third-order valence-corrected chi connectivity index (χ3v) is 6.29. The molecule has 0 aliphatic carbocycles. The fraction of sp³-hybridized carbons (Fsp3) is 0.391. The Balaban J connectivity index is 2.13. The Morgan fingerprint density at radius 2 is 1.84 bits per heavy atom. The van der Waals surface area contributed by atoms with E-state index in [0.717, 1.165) is 10.0 Å². The Bertz CT molecular complexity index is 899. The lowest BCUT2D eigenvalue weighted by Gasteiger charge is -2.31. The molecule has 4 nitrogen and oxygen atoms in total. The molecule has 2 aromatic carbocycles. The zero-order valence-electron chi connectivity index (χ0n) is 18.0. The molecule has 1 atom stereocenters. The molecule has 0 aliphatic heterocycles. The van der Waals surface area contributed by atoms with Crippen molar-refractivity contribution in [3.63, 3.8) is 0 Å². The highest BCUT2D eigenvalue weighted by Crippen LogP contribution is 2.24. The van der Waals surface area contributed by atoms with E-state index in [-0.39, 0.29) is 23.3 Å². The van der Waals surface area contributed by atoms with E-state index < -0.39 is 17.4 Å². The second-order valence-corrected chi connectivity index (χ2v) is 10.6. The highest BCUT2D eigenvalue weighted by Gasteiger charge is 2.28. The molecule has 0 aliphatic rings. The van der Waals surface area contributed by atoms with E-state index in [9.17, 15) is 14.0 Å². The van der Waals surface area contributed by atoms with Gasteiger partial charge in [0.05, 0.1) is 5.75 Å². The maximum Gasteiger partial charge on any atom is 0.242 e. The van der Waals surface area contributed by atoms with Crippen molar-refractivity contribution in [2.75, 3.05) is 5.75 Å². The number of nitrogens with zero attached hydrogens (tertiary/aromatic N) is 1. The summed E-state index contributed by atoms with van der Waals surface area (Å²) in [5.74, 6) is -0.436. The van der Waals surface area contributed by atoms with Gasteiger partial charge in [0, 0.05) is 32.9 Å². The van der Waals surface area contributed by atoms with Gasteiger partial charge in [-0.3, -0.25) is 9.59 Å². The third-order valence-electron chi connectivity index (χ3n) is 4.47. The number of carbonyl (C=O) groups is 2. The number of thioether (sulfide) groups is 1. The van der Waals surface area contributed by atoms with E-state index in [4.69, 9.17) is 11.6 Å². The summed E-state index contributed by atoms with van der Waals surface area (Å²) in [5, 5.41) is 3.27. The monoisotopic (exact) mass is 528 g/mol. The molecule has 168 valence electrons. The van der Waals surface area contributed by atoms with Gasteiger partial charge in [-0.1, -0.05) is 45.7 Å². The quantitative estimate of drug-likeness (QED) is 0.470. The molecule has 0 radical (unpaired) electrons. The van der Waals surface area contributed by atoms with E-state index in [1.165, 1.54) is 17.8 Å². The fourth-order valence-corrected chi connectivity index (χ4v) is 4.35. The summed E-state index contributed by atoms with van der Waals surface area (Å²) in [5.41, 5.74) is 0.877. The molecule has 0 saturated carbocycles. The van der Waals surface area contributed by atoms with Gasteiger partial charge in [0.1, 0.15) is 11.9 Å². The average Bonchev–Trinajstić information content (AvgIpc) is 2.67. The minimum atomic E-state index is -0.659. The van der Waals surface area contributed by atoms with Crippen molar-refractivity contribution >= 4 is 51.1 Å². The number of hydrogen-bond donors (Lipinski definition) is 1. The van der Waals surface area contributed by atoms with E-state index in [1.807, 2.05) is 45.0 Å². The SMILES string of the molecule is C[C@@H](C(=O)NC(C)(C)C)N(Cc1ccc(Br)cc1)C(=O)CSCc1c(F)cccc1Cl. The molecular formula is C23H27BrClFN2O2S. The van der Waals surface area contributed by atoms with Crippen LogP contribution in [-0.4, -0.2) is 34.0 Å². The van der Waals surface area contributed by atoms with Gasteiger partial charge in [0.25, 0.3) is 0 Å². The van der Waals surface area contributed by atoms with Gasteiger partial charge in [0.15, 0.2) is 0 Å². The van der Waals surface area contributed by atoms with Crippen LogP contribution < -0.4 is 5.32 Å². The predicted octanol–water partition coefficient (Wildman–Crippen LogP) is 5.81. The van der Waals surface area contributed by atoms with Crippen molar-refractivity contribution in [2.45, 2.75) is 51.6 Å². The number of rotatable bonds is 8. The molecule has 0 heterocycles. The van der Waals surface area contributed by atoms with Crippen LogP contribution >= 0.6 is 39.3 Å². The zero-order chi connectivity index (χ0) is 23.2. The Morgan fingerprint density at radius 1 is 1.19 bits per heavy atom. The molecule has 0 aromatic heterocycles. The largest absolute Gasteiger partial charge is 0.350 e. The van der Waals surface area contributed by atoms with Crippen LogP contribution in [0, 0.1) is 5.82 Å². The van der Waals surface area contributed by atoms with Crippen LogP contribution in [0.1, 0.15) is 38.8 Å². The van der Waals surface area contributed by atoms with Gasteiger partial charge in [-0.25, -0.2) is 4.39 Å². The van der Waals surface area contributed by atoms with Gasteiger partial charge < -0.3 is 10.2 Å². The lowest BCUT2D eigenvalue weighted by atomic mass is 10.1. The number of nitrogens with one attached hydrogen (secondary N) is 1. The van der Waals surface area contributed by atoms with Crippen LogP contribution in [0.3, 0.4) is 0 Å². The summed E-state index contributed by atoms with van der Waals surface area (Å²) in [4.78, 5) is 27.4. The number of benzene rings is 2. The van der Waals surface area contributed by atoms with Crippen molar-refractivity contribution in [1.29, 1.82) is 0 Å². The summed E-state index contributed by atoms with van der Waals surface area (Å²) >= 11 is 10.8. The lowest BCUT2D eigenvalue weighted by Crippen LogP contribution is -2.52. The number of amides is 2. The topological polar surface area (TPSA) is 49.4 Å². The summed E-state index contributed by atoms with van der Waals surface area (Å²) in [6.07, 6.45) is 0. The molecule has 2 aromatic rings. The molecule has 1 N–H and O–H groups in total. The van der Waals surface area contributed by atoms with E-state index in [0.29, 0.717) is 17.1 Å². The van der Waals surface area contributed by atoms with E-state index in [2.05, 4.69) is 21.2 Å². The van der Waals surface area contributed by atoms with Gasteiger partial charge in [0.2, 0.25) is 11.8 Å². The van der Waals surface area contributed by atoms with Crippen LogP contribution in [0.25, 0.3) is 0 Å². The molecule has 0 spiro atoms. The maximum atomic E-state index is 14.0. The van der Waals surface area contributed by atoms with Crippen LogP contribution in [0.2, 0.25) is 5.02 Å². The zero-order valence-corrected chi connectivity index (χ0v) is 21.2. The van der Waals surface area contributed by atoms with Crippen LogP contribution in [-0.2, 0) is 21.9 Å². The minimum Gasteiger partial charge on any atom is -0.350 e. The third kappa shape index (κ3) is 8.13. The first-order valence-corrected chi connectivity index (χ1v) is 12.2. The lowest BCUT2D eigenvalue weighted by molar-refractivity contribution is -0.139. The molecule has 0 fully saturated rings. The summed E-state index contributed by atoms with van der Waals surface area (Å²) in [6, 6.07) is 11.5. The highest BCUT2D eigenvalue weighted by atomic mass is 79.9. The van der Waals surface area contributed by atoms with Gasteiger partial charge >= 0.3 is 0 Å². The Kier molecular flexibility index (Phi) is 9.40. The first-order chi connectivity index (χ1) is 14.5. The van der Waals surface area contributed by atoms with Crippen molar-refractivity contribution in [1.82, 2.24) is 10.2 Å². The maximum absolute atomic E-state index is 14.0. The first-order valence-electron chi connectivity index (χ1n) is 9.84. The summed E-state index contributed by atoms with van der Waals surface area (Å²) < 4.78 is 14.9. The summed E-state index contributed by atoms with van der Waals surface area (Å²) in [6.45, 7) is 7.70. The minimum absolute atomic E-state index is 0.105. The normalized spacial score (nSPS) is 12.4. The van der Waals surface area contributed by atoms with Crippen molar-refractivity contribution in [3.8, 4) is 0 Å². The molecular weight excluding hydrogens is 503 g/mol. The van der Waals surface area contributed by atoms with Crippen LogP contribution in [0.5, 0.6) is 0 Å². The van der Waals surface area contributed by atoms with Gasteiger partial charge in [-0.15, -0.1) is 11.8 Å². The smallest absolute Gasteiger partial charge is 0.242 e. The Morgan fingerprint density at radius 3 is 2.42 bits per heavy atom. The van der Waals surface area contributed by atoms with Gasteiger partial charge in [-0.05, 0) is 57.5 Å². The second kappa shape index (κ2) is 11.3. The number of hydrogen-bond acceptors (Lipinski definition) is 3. The van der Waals surface area contributed by atoms with Crippen LogP contribution in [0.4, 0.5) is 4.39 Å². The molecule has 2 rings (SSSR count).